The summed E-state index contributed by atoms with van der Waals surface area (Å²) in [6, 6.07) is 7.39. The van der Waals surface area contributed by atoms with E-state index in [1.807, 2.05) is 39.8 Å². The molecule has 0 saturated heterocycles. The van der Waals surface area contributed by atoms with Crippen molar-refractivity contribution in [2.45, 2.75) is 27.7 Å². The van der Waals surface area contributed by atoms with E-state index in [2.05, 4.69) is 10.3 Å². The van der Waals surface area contributed by atoms with Crippen LogP contribution in [0.1, 0.15) is 30.5 Å². The van der Waals surface area contributed by atoms with Crippen molar-refractivity contribution in [3.05, 3.63) is 59.5 Å². The summed E-state index contributed by atoms with van der Waals surface area (Å²) >= 11 is 0. The molecule has 26 heavy (non-hydrogen) atoms. The maximum atomic E-state index is 12.3. The van der Waals surface area contributed by atoms with Crippen molar-refractivity contribution in [1.82, 2.24) is 4.98 Å². The molecule has 0 aliphatic heterocycles. The number of pyridine rings is 1. The van der Waals surface area contributed by atoms with Gasteiger partial charge in [-0.15, -0.1) is 0 Å². The Labute approximate surface area is 152 Å². The predicted octanol–water partition coefficient (Wildman–Crippen LogP) is 4.89. The number of rotatable bonds is 5. The molecular formula is C21H22N2O3. The third-order valence-corrected chi connectivity index (χ3v) is 4.21. The number of fused-ring (bicyclic) bond motifs is 1. The van der Waals surface area contributed by atoms with Crippen molar-refractivity contribution in [2.24, 2.45) is 0 Å². The number of hydrogen-bond donors (Lipinski definition) is 1. The van der Waals surface area contributed by atoms with Gasteiger partial charge in [0.2, 0.25) is 5.91 Å². The quantitative estimate of drug-likeness (QED) is 0.666. The molecule has 3 aromatic rings. The molecule has 0 aliphatic rings. The second kappa shape index (κ2) is 7.44. The number of carbonyl (C=O) groups excluding carboxylic acids is 1. The maximum absolute atomic E-state index is 12.3. The van der Waals surface area contributed by atoms with Crippen LogP contribution in [0.2, 0.25) is 0 Å². The highest BCUT2D eigenvalue weighted by molar-refractivity contribution is 6.04. The third kappa shape index (κ3) is 3.47. The summed E-state index contributed by atoms with van der Waals surface area (Å²) in [5, 5.41) is 3.79. The Morgan fingerprint density at radius 3 is 2.85 bits per heavy atom. The fraction of sp³-hybridized carbons (Fsp3) is 0.238. The largest absolute Gasteiger partial charge is 0.493 e. The number of aromatic nitrogens is 1. The van der Waals surface area contributed by atoms with Gasteiger partial charge in [-0.1, -0.05) is 6.07 Å². The molecule has 0 radical (unpaired) electrons. The number of nitrogens with zero attached hydrogens (tertiary/aromatic N) is 1. The Bertz CT molecular complexity index is 972. The minimum absolute atomic E-state index is 0.231. The van der Waals surface area contributed by atoms with Gasteiger partial charge in [-0.3, -0.25) is 4.79 Å². The van der Waals surface area contributed by atoms with Crippen LogP contribution in [0.25, 0.3) is 16.5 Å². The summed E-state index contributed by atoms with van der Waals surface area (Å²) in [6.07, 6.45) is 4.94. The molecule has 3 rings (SSSR count). The molecule has 0 aliphatic carbocycles. The van der Waals surface area contributed by atoms with Crippen LogP contribution in [0.15, 0.2) is 47.2 Å². The lowest BCUT2D eigenvalue weighted by atomic mass is 9.98. The number of anilines is 1. The van der Waals surface area contributed by atoms with Crippen molar-refractivity contribution < 1.29 is 13.9 Å². The molecule has 0 saturated carbocycles. The first-order chi connectivity index (χ1) is 12.5. The van der Waals surface area contributed by atoms with E-state index in [1.54, 1.807) is 30.7 Å². The topological polar surface area (TPSA) is 64.4 Å². The number of nitrogens with one attached hydrogen (secondary N) is 1. The van der Waals surface area contributed by atoms with Gasteiger partial charge in [0.05, 0.1) is 12.9 Å². The molecule has 0 atom stereocenters. The fourth-order valence-corrected chi connectivity index (χ4v) is 2.93. The lowest BCUT2D eigenvalue weighted by molar-refractivity contribution is -0.111. The molecule has 5 nitrogen and oxygen atoms in total. The molecule has 2 aromatic heterocycles. The minimum atomic E-state index is -0.231. The highest BCUT2D eigenvalue weighted by Crippen LogP contribution is 2.37. The lowest BCUT2D eigenvalue weighted by Crippen LogP contribution is -2.10. The maximum Gasteiger partial charge on any atom is 0.249 e. The van der Waals surface area contributed by atoms with Crippen LogP contribution in [0, 0.1) is 13.8 Å². The number of benzene rings is 1. The molecule has 1 amide bonds. The van der Waals surface area contributed by atoms with E-state index < -0.39 is 0 Å². The molecule has 2 heterocycles. The average molecular weight is 350 g/mol. The third-order valence-electron chi connectivity index (χ3n) is 4.21. The van der Waals surface area contributed by atoms with Gasteiger partial charge in [-0.05, 0) is 57.0 Å². The van der Waals surface area contributed by atoms with E-state index in [-0.39, 0.29) is 5.91 Å². The first-order valence-corrected chi connectivity index (χ1v) is 8.56. The second-order valence-electron chi connectivity index (χ2n) is 6.14. The van der Waals surface area contributed by atoms with Gasteiger partial charge in [0, 0.05) is 28.8 Å². The minimum Gasteiger partial charge on any atom is -0.493 e. The normalized spacial score (nSPS) is 11.6. The van der Waals surface area contributed by atoms with E-state index >= 15 is 0 Å². The molecule has 0 fully saturated rings. The highest BCUT2D eigenvalue weighted by Gasteiger charge is 2.17. The zero-order chi connectivity index (χ0) is 18.7. The Kier molecular flexibility index (Phi) is 5.07. The number of furan rings is 1. The number of amides is 1. The molecule has 1 aromatic carbocycles. The van der Waals surface area contributed by atoms with Gasteiger partial charge in [0.1, 0.15) is 17.2 Å². The Morgan fingerprint density at radius 1 is 1.35 bits per heavy atom. The Morgan fingerprint density at radius 2 is 2.15 bits per heavy atom. The average Bonchev–Trinajstić information content (AvgIpc) is 2.99. The summed E-state index contributed by atoms with van der Waals surface area (Å²) in [5.41, 5.74) is 4.51. The summed E-state index contributed by atoms with van der Waals surface area (Å²) < 4.78 is 11.5. The molecule has 1 N–H and O–H groups in total. The first kappa shape index (κ1) is 17.7. The van der Waals surface area contributed by atoms with Crippen LogP contribution in [0.3, 0.4) is 0 Å². The van der Waals surface area contributed by atoms with Crippen LogP contribution >= 0.6 is 0 Å². The van der Waals surface area contributed by atoms with Crippen LogP contribution in [-0.2, 0) is 4.79 Å². The SMILES string of the molecule is CCOc1c(/C(C)=C/C(=O)Nc2ccccn2)cc2c(C)coc2c1C. The zero-order valence-corrected chi connectivity index (χ0v) is 15.4. The molecule has 134 valence electrons. The zero-order valence-electron chi connectivity index (χ0n) is 15.4. The first-order valence-electron chi connectivity index (χ1n) is 8.56. The van der Waals surface area contributed by atoms with E-state index in [0.717, 1.165) is 39.0 Å². The van der Waals surface area contributed by atoms with Crippen LogP contribution in [0.4, 0.5) is 5.82 Å². The Balaban J connectivity index is 2.00. The van der Waals surface area contributed by atoms with E-state index in [9.17, 15) is 4.79 Å². The molecule has 0 bridgehead atoms. The fourth-order valence-electron chi connectivity index (χ4n) is 2.93. The van der Waals surface area contributed by atoms with Crippen LogP contribution in [0.5, 0.6) is 5.75 Å². The highest BCUT2D eigenvalue weighted by atomic mass is 16.5. The van der Waals surface area contributed by atoms with Crippen molar-refractivity contribution in [3.8, 4) is 5.75 Å². The van der Waals surface area contributed by atoms with Crippen LogP contribution < -0.4 is 10.1 Å². The van der Waals surface area contributed by atoms with E-state index in [1.165, 1.54) is 0 Å². The smallest absolute Gasteiger partial charge is 0.249 e. The Hall–Kier alpha value is -3.08. The molecule has 0 spiro atoms. The van der Waals surface area contributed by atoms with Crippen LogP contribution in [-0.4, -0.2) is 17.5 Å². The number of hydrogen-bond acceptors (Lipinski definition) is 4. The van der Waals surface area contributed by atoms with Crippen molar-refractivity contribution in [3.63, 3.8) is 0 Å². The van der Waals surface area contributed by atoms with Gasteiger partial charge in [0.15, 0.2) is 0 Å². The monoisotopic (exact) mass is 350 g/mol. The number of carbonyl (C=O) groups is 1. The standard InChI is InChI=1S/C21H22N2O3/c1-5-25-20-15(4)21-17(14(3)12-26-21)11-16(20)13(2)10-19(24)23-18-8-6-7-9-22-18/h6-12H,5H2,1-4H3,(H,22,23,24)/b13-10+. The van der Waals surface area contributed by atoms with Crippen molar-refractivity contribution in [1.29, 1.82) is 0 Å². The van der Waals surface area contributed by atoms with E-state index in [4.69, 9.17) is 9.15 Å². The second-order valence-corrected chi connectivity index (χ2v) is 6.14. The van der Waals surface area contributed by atoms with Crippen molar-refractivity contribution in [2.75, 3.05) is 11.9 Å². The summed E-state index contributed by atoms with van der Waals surface area (Å²) in [7, 11) is 0. The van der Waals surface area contributed by atoms with Crippen molar-refractivity contribution >= 4 is 28.3 Å². The van der Waals surface area contributed by atoms with Gasteiger partial charge >= 0.3 is 0 Å². The predicted molar refractivity (Wildman–Crippen MR) is 103 cm³/mol. The summed E-state index contributed by atoms with van der Waals surface area (Å²) in [4.78, 5) is 16.5. The molecular weight excluding hydrogens is 328 g/mol. The number of ether oxygens (including phenoxy) is 1. The number of aryl methyl sites for hydroxylation is 2. The van der Waals surface area contributed by atoms with E-state index in [0.29, 0.717) is 12.4 Å². The molecule has 5 heteroatoms. The lowest BCUT2D eigenvalue weighted by Gasteiger charge is -2.14. The molecule has 0 unspecified atom stereocenters. The van der Waals surface area contributed by atoms with Gasteiger partial charge in [0.25, 0.3) is 0 Å². The summed E-state index contributed by atoms with van der Waals surface area (Å²) in [6.45, 7) is 8.35. The van der Waals surface area contributed by atoms with Gasteiger partial charge in [-0.2, -0.15) is 0 Å². The number of allylic oxidation sites excluding steroid dienone is 1. The van der Waals surface area contributed by atoms with Gasteiger partial charge in [-0.25, -0.2) is 4.98 Å². The van der Waals surface area contributed by atoms with Gasteiger partial charge < -0.3 is 14.5 Å². The summed E-state index contributed by atoms with van der Waals surface area (Å²) in [5.74, 6) is 1.03.